The molecule has 0 radical (unpaired) electrons. The highest BCUT2D eigenvalue weighted by atomic mass is 35.5. The standard InChI is InChI=1S/C30H27ClFNO/c31-28-19-24(11-14-29(28)32)23-9-12-25(13-10-23)30(26-7-4-8-27(34)20-26)15-17-33(18-16-30)21-22-5-2-1-3-6-22/h1-14,19-20,34H,15-18,21H2. The second-order valence-electron chi connectivity index (χ2n) is 9.10. The van der Waals surface area contributed by atoms with Gasteiger partial charge in [-0.15, -0.1) is 0 Å². The smallest absolute Gasteiger partial charge is 0.141 e. The minimum absolute atomic E-state index is 0.128. The maximum absolute atomic E-state index is 13.6. The maximum atomic E-state index is 13.6. The highest BCUT2D eigenvalue weighted by molar-refractivity contribution is 6.31. The van der Waals surface area contributed by atoms with Crippen LogP contribution >= 0.6 is 11.6 Å². The molecule has 1 N–H and O–H groups in total. The van der Waals surface area contributed by atoms with Crippen LogP contribution in [0, 0.1) is 5.82 Å². The van der Waals surface area contributed by atoms with Gasteiger partial charge in [0.2, 0.25) is 0 Å². The van der Waals surface area contributed by atoms with E-state index in [9.17, 15) is 9.50 Å². The first kappa shape index (κ1) is 22.6. The number of phenols is 1. The molecule has 1 heterocycles. The van der Waals surface area contributed by atoms with E-state index in [1.807, 2.05) is 12.1 Å². The first-order valence-corrected chi connectivity index (χ1v) is 12.0. The van der Waals surface area contributed by atoms with E-state index in [-0.39, 0.29) is 10.4 Å². The van der Waals surface area contributed by atoms with Crippen LogP contribution in [0.4, 0.5) is 4.39 Å². The normalized spacial score (nSPS) is 15.8. The third-order valence-corrected chi connectivity index (χ3v) is 7.34. The molecule has 34 heavy (non-hydrogen) atoms. The van der Waals surface area contributed by atoms with Gasteiger partial charge in [0.25, 0.3) is 0 Å². The molecule has 4 aromatic rings. The topological polar surface area (TPSA) is 23.5 Å². The summed E-state index contributed by atoms with van der Waals surface area (Å²) in [5, 5.41) is 10.4. The Morgan fingerprint density at radius 1 is 0.765 bits per heavy atom. The number of piperidine rings is 1. The number of benzene rings is 4. The van der Waals surface area contributed by atoms with Gasteiger partial charge in [0.05, 0.1) is 5.02 Å². The average Bonchev–Trinajstić information content (AvgIpc) is 2.87. The van der Waals surface area contributed by atoms with Crippen LogP contribution in [0.2, 0.25) is 5.02 Å². The lowest BCUT2D eigenvalue weighted by molar-refractivity contribution is 0.172. The van der Waals surface area contributed by atoms with Crippen LogP contribution in [0.1, 0.15) is 29.5 Å². The molecule has 0 spiro atoms. The zero-order valence-electron chi connectivity index (χ0n) is 18.9. The Bertz CT molecular complexity index is 1260. The number of likely N-dealkylation sites (tertiary alicyclic amines) is 1. The molecule has 2 nitrogen and oxygen atoms in total. The molecular formula is C30H27ClFNO. The summed E-state index contributed by atoms with van der Waals surface area (Å²) in [6.07, 6.45) is 1.93. The van der Waals surface area contributed by atoms with E-state index in [0.717, 1.165) is 49.2 Å². The number of aromatic hydroxyl groups is 1. The van der Waals surface area contributed by atoms with Gasteiger partial charge in [0.15, 0.2) is 0 Å². The van der Waals surface area contributed by atoms with E-state index in [0.29, 0.717) is 5.75 Å². The molecule has 4 heteroatoms. The van der Waals surface area contributed by atoms with Crippen molar-refractivity contribution in [2.24, 2.45) is 0 Å². The molecule has 172 valence electrons. The van der Waals surface area contributed by atoms with Gasteiger partial charge in [-0.05, 0) is 78.0 Å². The molecule has 0 aliphatic carbocycles. The van der Waals surface area contributed by atoms with Gasteiger partial charge in [-0.1, -0.05) is 84.4 Å². The summed E-state index contributed by atoms with van der Waals surface area (Å²) >= 11 is 6.00. The van der Waals surface area contributed by atoms with Crippen molar-refractivity contribution in [3.63, 3.8) is 0 Å². The van der Waals surface area contributed by atoms with Gasteiger partial charge in [0.1, 0.15) is 11.6 Å². The van der Waals surface area contributed by atoms with E-state index in [1.165, 1.54) is 17.2 Å². The fourth-order valence-electron chi connectivity index (χ4n) is 5.14. The second kappa shape index (κ2) is 9.61. The Labute approximate surface area is 205 Å². The molecule has 5 rings (SSSR count). The Morgan fingerprint density at radius 2 is 1.47 bits per heavy atom. The van der Waals surface area contributed by atoms with Gasteiger partial charge in [-0.2, -0.15) is 0 Å². The summed E-state index contributed by atoms with van der Waals surface area (Å²) in [4.78, 5) is 2.51. The van der Waals surface area contributed by atoms with Gasteiger partial charge >= 0.3 is 0 Å². The van der Waals surface area contributed by atoms with Crippen molar-refractivity contribution in [2.75, 3.05) is 13.1 Å². The van der Waals surface area contributed by atoms with Crippen LogP contribution in [0.25, 0.3) is 11.1 Å². The van der Waals surface area contributed by atoms with Crippen molar-refractivity contribution in [1.82, 2.24) is 4.90 Å². The van der Waals surface area contributed by atoms with Crippen molar-refractivity contribution < 1.29 is 9.50 Å². The third kappa shape index (κ3) is 4.59. The number of halogens is 2. The average molecular weight is 472 g/mol. The molecule has 0 bridgehead atoms. The number of hydrogen-bond acceptors (Lipinski definition) is 2. The lowest BCUT2D eigenvalue weighted by atomic mass is 9.68. The van der Waals surface area contributed by atoms with E-state index in [4.69, 9.17) is 11.6 Å². The fourth-order valence-corrected chi connectivity index (χ4v) is 5.32. The van der Waals surface area contributed by atoms with Gasteiger partial charge in [-0.25, -0.2) is 4.39 Å². The van der Waals surface area contributed by atoms with Crippen molar-refractivity contribution in [2.45, 2.75) is 24.8 Å². The Hall–Kier alpha value is -3.14. The lowest BCUT2D eigenvalue weighted by Crippen LogP contribution is -2.43. The first-order valence-electron chi connectivity index (χ1n) is 11.7. The van der Waals surface area contributed by atoms with Crippen LogP contribution in [-0.4, -0.2) is 23.1 Å². The minimum Gasteiger partial charge on any atom is -0.508 e. The quantitative estimate of drug-likeness (QED) is 0.327. The van der Waals surface area contributed by atoms with Gasteiger partial charge in [-0.3, -0.25) is 4.90 Å². The Balaban J connectivity index is 1.44. The van der Waals surface area contributed by atoms with Gasteiger partial charge < -0.3 is 5.11 Å². The first-order chi connectivity index (χ1) is 16.5. The van der Waals surface area contributed by atoms with E-state index in [2.05, 4.69) is 65.6 Å². The van der Waals surface area contributed by atoms with Crippen molar-refractivity contribution >= 4 is 11.6 Å². The molecule has 1 aliphatic heterocycles. The fraction of sp³-hybridized carbons (Fsp3) is 0.200. The SMILES string of the molecule is Oc1cccc(C2(c3ccc(-c4ccc(F)c(Cl)c4)cc3)CCN(Cc3ccccc3)CC2)c1. The molecule has 0 amide bonds. The predicted molar refractivity (Wildman–Crippen MR) is 137 cm³/mol. The summed E-state index contributed by atoms with van der Waals surface area (Å²) in [6, 6.07) is 31.6. The Kier molecular flexibility index (Phi) is 6.40. The molecule has 1 aliphatic rings. The molecule has 0 saturated carbocycles. The Morgan fingerprint density at radius 3 is 2.15 bits per heavy atom. The predicted octanol–water partition coefficient (Wildman–Crippen LogP) is 7.43. The molecule has 1 fully saturated rings. The van der Waals surface area contributed by atoms with E-state index in [1.54, 1.807) is 18.2 Å². The molecular weight excluding hydrogens is 445 g/mol. The summed E-state index contributed by atoms with van der Waals surface area (Å²) < 4.78 is 13.6. The zero-order valence-corrected chi connectivity index (χ0v) is 19.7. The van der Waals surface area contributed by atoms with Crippen molar-refractivity contribution in [3.8, 4) is 16.9 Å². The summed E-state index contributed by atoms with van der Waals surface area (Å²) in [7, 11) is 0. The van der Waals surface area contributed by atoms with Crippen LogP contribution in [0.5, 0.6) is 5.75 Å². The van der Waals surface area contributed by atoms with Crippen LogP contribution in [0.3, 0.4) is 0 Å². The summed E-state index contributed by atoms with van der Waals surface area (Å²) in [5.41, 5.74) is 5.42. The van der Waals surface area contributed by atoms with E-state index >= 15 is 0 Å². The largest absolute Gasteiger partial charge is 0.508 e. The van der Waals surface area contributed by atoms with Crippen LogP contribution in [0.15, 0.2) is 97.1 Å². The molecule has 0 atom stereocenters. The lowest BCUT2D eigenvalue weighted by Gasteiger charge is -2.43. The summed E-state index contributed by atoms with van der Waals surface area (Å²) in [6.45, 7) is 2.89. The molecule has 0 unspecified atom stereocenters. The minimum atomic E-state index is -0.410. The van der Waals surface area contributed by atoms with E-state index < -0.39 is 5.82 Å². The summed E-state index contributed by atoms with van der Waals surface area (Å²) in [5.74, 6) is -0.117. The van der Waals surface area contributed by atoms with Crippen LogP contribution < -0.4 is 0 Å². The molecule has 4 aromatic carbocycles. The zero-order chi connectivity index (χ0) is 23.5. The second-order valence-corrected chi connectivity index (χ2v) is 9.51. The van der Waals surface area contributed by atoms with Gasteiger partial charge in [0, 0.05) is 12.0 Å². The highest BCUT2D eigenvalue weighted by Gasteiger charge is 2.38. The molecule has 0 aromatic heterocycles. The number of nitrogens with zero attached hydrogens (tertiary/aromatic N) is 1. The third-order valence-electron chi connectivity index (χ3n) is 7.05. The highest BCUT2D eigenvalue weighted by Crippen LogP contribution is 2.43. The maximum Gasteiger partial charge on any atom is 0.141 e. The number of phenolic OH excluding ortho intramolecular Hbond substituents is 1. The van der Waals surface area contributed by atoms with Crippen LogP contribution in [-0.2, 0) is 12.0 Å². The number of hydrogen-bond donors (Lipinski definition) is 1. The monoisotopic (exact) mass is 471 g/mol. The molecule has 1 saturated heterocycles. The van der Waals surface area contributed by atoms with Crippen molar-refractivity contribution in [1.29, 1.82) is 0 Å². The number of rotatable bonds is 5. The van der Waals surface area contributed by atoms with Crippen molar-refractivity contribution in [3.05, 3.63) is 125 Å².